The SMILES string of the molecule is N[C@@H](Cc1ccc(O)cc1)C(=O)CC(Cc1ccc(F)c(F)c1)C(=O)O. The molecule has 2 rings (SSSR count). The van der Waals surface area contributed by atoms with Crippen LogP contribution in [0.1, 0.15) is 17.5 Å². The Labute approximate surface area is 149 Å². The Bertz CT molecular complexity index is 793. The molecule has 2 aromatic carbocycles. The van der Waals surface area contributed by atoms with Crippen molar-refractivity contribution >= 4 is 11.8 Å². The maximum atomic E-state index is 13.3. The van der Waals surface area contributed by atoms with E-state index in [4.69, 9.17) is 5.73 Å². The Morgan fingerprint density at radius 3 is 2.15 bits per heavy atom. The van der Waals surface area contributed by atoms with Gasteiger partial charge in [-0.2, -0.15) is 0 Å². The van der Waals surface area contributed by atoms with Crippen molar-refractivity contribution in [3.63, 3.8) is 0 Å². The third-order valence-electron chi connectivity index (χ3n) is 4.07. The number of aromatic hydroxyl groups is 1. The van der Waals surface area contributed by atoms with Gasteiger partial charge >= 0.3 is 5.97 Å². The molecule has 2 atom stereocenters. The minimum atomic E-state index is -1.21. The van der Waals surface area contributed by atoms with Crippen LogP contribution in [0, 0.1) is 17.6 Å². The third kappa shape index (κ3) is 5.35. The number of carboxylic acid groups (broad SMARTS) is 1. The summed E-state index contributed by atoms with van der Waals surface area (Å²) in [7, 11) is 0. The first-order valence-corrected chi connectivity index (χ1v) is 7.99. The van der Waals surface area contributed by atoms with Crippen molar-refractivity contribution in [1.29, 1.82) is 0 Å². The number of hydrogen-bond acceptors (Lipinski definition) is 4. The number of aliphatic carboxylic acids is 1. The number of rotatable bonds is 8. The lowest BCUT2D eigenvalue weighted by atomic mass is 9.90. The molecule has 0 aromatic heterocycles. The second kappa shape index (κ2) is 8.53. The van der Waals surface area contributed by atoms with Gasteiger partial charge in [0.15, 0.2) is 17.4 Å². The molecule has 2 aromatic rings. The predicted molar refractivity (Wildman–Crippen MR) is 90.6 cm³/mol. The number of carboxylic acids is 1. The van der Waals surface area contributed by atoms with Crippen molar-refractivity contribution in [1.82, 2.24) is 0 Å². The van der Waals surface area contributed by atoms with Gasteiger partial charge < -0.3 is 15.9 Å². The number of benzene rings is 2. The van der Waals surface area contributed by atoms with Gasteiger partial charge in [-0.25, -0.2) is 8.78 Å². The number of phenols is 1. The molecule has 5 nitrogen and oxygen atoms in total. The highest BCUT2D eigenvalue weighted by molar-refractivity contribution is 5.88. The summed E-state index contributed by atoms with van der Waals surface area (Å²) in [5.41, 5.74) is 6.88. The number of carbonyl (C=O) groups is 2. The number of carbonyl (C=O) groups excluding carboxylic acids is 1. The van der Waals surface area contributed by atoms with Crippen LogP contribution in [-0.4, -0.2) is 28.0 Å². The number of hydrogen-bond donors (Lipinski definition) is 3. The fourth-order valence-electron chi connectivity index (χ4n) is 2.59. The first kappa shape index (κ1) is 19.5. The van der Waals surface area contributed by atoms with Gasteiger partial charge in [0.05, 0.1) is 12.0 Å². The highest BCUT2D eigenvalue weighted by Gasteiger charge is 2.25. The van der Waals surface area contributed by atoms with Crippen LogP contribution in [0.25, 0.3) is 0 Å². The molecule has 0 aliphatic carbocycles. The Kier molecular flexibility index (Phi) is 6.41. The molecule has 0 saturated carbocycles. The quantitative estimate of drug-likeness (QED) is 0.669. The van der Waals surface area contributed by atoms with Crippen LogP contribution in [0.2, 0.25) is 0 Å². The Morgan fingerprint density at radius 1 is 0.962 bits per heavy atom. The molecule has 26 heavy (non-hydrogen) atoms. The molecule has 0 fully saturated rings. The third-order valence-corrected chi connectivity index (χ3v) is 4.07. The molecule has 0 aliphatic rings. The summed E-state index contributed by atoms with van der Waals surface area (Å²) in [6.07, 6.45) is -0.214. The monoisotopic (exact) mass is 363 g/mol. The Hall–Kier alpha value is -2.80. The van der Waals surface area contributed by atoms with Gasteiger partial charge in [0.2, 0.25) is 0 Å². The van der Waals surface area contributed by atoms with Gasteiger partial charge in [0.25, 0.3) is 0 Å². The highest BCUT2D eigenvalue weighted by Crippen LogP contribution is 2.18. The molecule has 0 radical (unpaired) electrons. The summed E-state index contributed by atoms with van der Waals surface area (Å²) in [6, 6.07) is 8.41. The standard InChI is InChI=1S/C19H19F2NO4/c20-15-6-3-12(8-16(15)21)7-13(19(25)26)10-18(24)17(22)9-11-1-4-14(23)5-2-11/h1-6,8,13,17,23H,7,9-10,22H2,(H,25,26)/t13?,17-/m0/s1. The maximum absolute atomic E-state index is 13.3. The van der Waals surface area contributed by atoms with Gasteiger partial charge in [-0.05, 0) is 48.2 Å². The van der Waals surface area contributed by atoms with Crippen LogP contribution >= 0.6 is 0 Å². The summed E-state index contributed by atoms with van der Waals surface area (Å²) < 4.78 is 26.2. The molecular formula is C19H19F2NO4. The van der Waals surface area contributed by atoms with E-state index in [0.29, 0.717) is 0 Å². The lowest BCUT2D eigenvalue weighted by Crippen LogP contribution is -2.35. The lowest BCUT2D eigenvalue weighted by Gasteiger charge is -2.16. The van der Waals surface area contributed by atoms with E-state index in [0.717, 1.165) is 17.7 Å². The number of halogens is 2. The Morgan fingerprint density at radius 2 is 1.58 bits per heavy atom. The van der Waals surface area contributed by atoms with Gasteiger partial charge in [-0.1, -0.05) is 18.2 Å². The Balaban J connectivity index is 2.01. The second-order valence-electron chi connectivity index (χ2n) is 6.14. The van der Waals surface area contributed by atoms with E-state index in [-0.39, 0.29) is 30.6 Å². The largest absolute Gasteiger partial charge is 0.508 e. The molecule has 0 bridgehead atoms. The van der Waals surface area contributed by atoms with Crippen molar-refractivity contribution in [3.8, 4) is 5.75 Å². The van der Waals surface area contributed by atoms with Crippen molar-refractivity contribution in [2.24, 2.45) is 11.7 Å². The smallest absolute Gasteiger partial charge is 0.307 e. The second-order valence-corrected chi connectivity index (χ2v) is 6.14. The van der Waals surface area contributed by atoms with Crippen LogP contribution in [0.5, 0.6) is 5.75 Å². The first-order chi connectivity index (χ1) is 12.3. The van der Waals surface area contributed by atoms with Gasteiger partial charge in [-0.15, -0.1) is 0 Å². The first-order valence-electron chi connectivity index (χ1n) is 7.99. The number of phenolic OH excluding ortho intramolecular Hbond substituents is 1. The molecule has 1 unspecified atom stereocenters. The summed E-state index contributed by atoms with van der Waals surface area (Å²) >= 11 is 0. The molecule has 0 saturated heterocycles. The zero-order chi connectivity index (χ0) is 19.3. The van der Waals surface area contributed by atoms with E-state index in [9.17, 15) is 28.6 Å². The summed E-state index contributed by atoms with van der Waals surface area (Å²) in [6.45, 7) is 0. The van der Waals surface area contributed by atoms with Gasteiger partial charge in [0.1, 0.15) is 5.75 Å². The summed E-state index contributed by atoms with van der Waals surface area (Å²) in [5, 5.41) is 18.6. The molecule has 0 aliphatic heterocycles. The average molecular weight is 363 g/mol. The minimum Gasteiger partial charge on any atom is -0.508 e. The van der Waals surface area contributed by atoms with Crippen molar-refractivity contribution in [2.75, 3.05) is 0 Å². The fraction of sp³-hybridized carbons (Fsp3) is 0.263. The van der Waals surface area contributed by atoms with Crippen LogP contribution in [0.15, 0.2) is 42.5 Å². The molecule has 138 valence electrons. The van der Waals surface area contributed by atoms with E-state index in [1.165, 1.54) is 18.2 Å². The summed E-state index contributed by atoms with van der Waals surface area (Å²) in [4.78, 5) is 23.7. The van der Waals surface area contributed by atoms with Gasteiger partial charge in [-0.3, -0.25) is 9.59 Å². The van der Waals surface area contributed by atoms with Crippen LogP contribution in [-0.2, 0) is 22.4 Å². The topological polar surface area (TPSA) is 101 Å². The molecule has 4 N–H and O–H groups in total. The number of nitrogens with two attached hydrogens (primary N) is 1. The van der Waals surface area contributed by atoms with Crippen molar-refractivity contribution in [2.45, 2.75) is 25.3 Å². The van der Waals surface area contributed by atoms with E-state index in [1.54, 1.807) is 12.1 Å². The normalized spacial score (nSPS) is 13.2. The maximum Gasteiger partial charge on any atom is 0.307 e. The summed E-state index contributed by atoms with van der Waals surface area (Å²) in [5.74, 6) is -4.73. The molecular weight excluding hydrogens is 344 g/mol. The highest BCUT2D eigenvalue weighted by atomic mass is 19.2. The van der Waals surface area contributed by atoms with E-state index in [1.807, 2.05) is 0 Å². The molecule has 0 heterocycles. The lowest BCUT2D eigenvalue weighted by molar-refractivity contribution is -0.143. The molecule has 7 heteroatoms. The van der Waals surface area contributed by atoms with Crippen LogP contribution < -0.4 is 5.73 Å². The zero-order valence-electron chi connectivity index (χ0n) is 13.9. The molecule has 0 amide bonds. The predicted octanol–water partition coefficient (Wildman–Crippen LogP) is 2.44. The zero-order valence-corrected chi connectivity index (χ0v) is 13.9. The number of Topliss-reactive ketones (excluding diaryl/α,β-unsaturated/α-hetero) is 1. The van der Waals surface area contributed by atoms with Crippen LogP contribution in [0.3, 0.4) is 0 Å². The minimum absolute atomic E-state index is 0.0890. The van der Waals surface area contributed by atoms with E-state index < -0.39 is 35.3 Å². The average Bonchev–Trinajstić information content (AvgIpc) is 2.59. The van der Waals surface area contributed by atoms with Crippen molar-refractivity contribution < 1.29 is 28.6 Å². The van der Waals surface area contributed by atoms with Crippen LogP contribution in [0.4, 0.5) is 8.78 Å². The number of ketones is 1. The van der Waals surface area contributed by atoms with Crippen molar-refractivity contribution in [3.05, 3.63) is 65.2 Å². The van der Waals surface area contributed by atoms with Gasteiger partial charge in [0, 0.05) is 6.42 Å². The fourth-order valence-corrected chi connectivity index (χ4v) is 2.59. The molecule has 0 spiro atoms. The van der Waals surface area contributed by atoms with E-state index >= 15 is 0 Å². The van der Waals surface area contributed by atoms with E-state index in [2.05, 4.69) is 0 Å².